The summed E-state index contributed by atoms with van der Waals surface area (Å²) in [6.07, 6.45) is 5.62. The Hall–Kier alpha value is -1.94. The van der Waals surface area contributed by atoms with Gasteiger partial charge in [-0.05, 0) is 62.0 Å². The van der Waals surface area contributed by atoms with Gasteiger partial charge in [-0.2, -0.15) is 0 Å². The van der Waals surface area contributed by atoms with Crippen LogP contribution < -0.4 is 9.47 Å². The average molecular weight is 592 g/mol. The largest absolute Gasteiger partial charge is 0.496 e. The molecule has 40 heavy (non-hydrogen) atoms. The SMILES string of the molecule is CCc1sc(C[C@H](OC2CCCC2)[C@H](O[Si](C)(C)C(C)(C)C)c2cc(OC)c(C)c(OC)c2)nc1CC(=O)OC. The van der Waals surface area contributed by atoms with Crippen molar-refractivity contribution in [2.24, 2.45) is 0 Å². The van der Waals surface area contributed by atoms with Gasteiger partial charge in [-0.1, -0.05) is 40.5 Å². The fourth-order valence-electron chi connectivity index (χ4n) is 4.94. The predicted molar refractivity (Wildman–Crippen MR) is 163 cm³/mol. The van der Waals surface area contributed by atoms with E-state index in [1.807, 2.05) is 6.92 Å². The molecule has 224 valence electrons. The molecule has 1 aliphatic rings. The molecule has 2 aromatic rings. The van der Waals surface area contributed by atoms with Crippen LogP contribution in [-0.2, 0) is 38.0 Å². The molecule has 1 saturated carbocycles. The Labute approximate surface area is 246 Å². The number of nitrogens with zero attached hydrogens (tertiary/aromatic N) is 1. The number of methoxy groups -OCH3 is 3. The third-order valence-electron chi connectivity index (χ3n) is 8.40. The Morgan fingerprint density at radius 2 is 1.70 bits per heavy atom. The van der Waals surface area contributed by atoms with E-state index in [4.69, 9.17) is 28.4 Å². The molecule has 7 nitrogen and oxygen atoms in total. The van der Waals surface area contributed by atoms with Gasteiger partial charge in [0.05, 0.1) is 56.8 Å². The molecule has 1 aromatic carbocycles. The summed E-state index contributed by atoms with van der Waals surface area (Å²) in [7, 11) is 2.56. The molecule has 0 saturated heterocycles. The van der Waals surface area contributed by atoms with Gasteiger partial charge in [0.15, 0.2) is 8.32 Å². The molecule has 0 aliphatic heterocycles. The third kappa shape index (κ3) is 7.87. The van der Waals surface area contributed by atoms with Crippen LogP contribution in [0.5, 0.6) is 11.5 Å². The number of aryl methyl sites for hydroxylation is 1. The van der Waals surface area contributed by atoms with Gasteiger partial charge in [0.25, 0.3) is 0 Å². The quantitative estimate of drug-likeness (QED) is 0.178. The first kappa shape index (κ1) is 32.6. The zero-order valence-electron chi connectivity index (χ0n) is 26.1. The van der Waals surface area contributed by atoms with Crippen molar-refractivity contribution in [3.63, 3.8) is 0 Å². The summed E-state index contributed by atoms with van der Waals surface area (Å²) in [5, 5.41) is 0.959. The van der Waals surface area contributed by atoms with Crippen LogP contribution in [-0.4, -0.2) is 52.8 Å². The van der Waals surface area contributed by atoms with Crippen molar-refractivity contribution < 1.29 is 28.2 Å². The predicted octanol–water partition coefficient (Wildman–Crippen LogP) is 7.38. The molecule has 1 aromatic heterocycles. The summed E-state index contributed by atoms with van der Waals surface area (Å²) >= 11 is 1.66. The summed E-state index contributed by atoms with van der Waals surface area (Å²) in [4.78, 5) is 18.1. The second kappa shape index (κ2) is 13.8. The molecule has 0 amide bonds. The van der Waals surface area contributed by atoms with Crippen LogP contribution in [0.15, 0.2) is 12.1 Å². The summed E-state index contributed by atoms with van der Waals surface area (Å²) < 4.78 is 30.6. The van der Waals surface area contributed by atoms with Crippen LogP contribution in [0.25, 0.3) is 0 Å². The molecular weight excluding hydrogens is 542 g/mol. The van der Waals surface area contributed by atoms with Crippen molar-refractivity contribution in [1.82, 2.24) is 4.98 Å². The Morgan fingerprint density at radius 1 is 1.10 bits per heavy atom. The smallest absolute Gasteiger partial charge is 0.311 e. The van der Waals surface area contributed by atoms with Crippen LogP contribution in [0, 0.1) is 6.92 Å². The van der Waals surface area contributed by atoms with E-state index in [1.165, 1.54) is 20.0 Å². The van der Waals surface area contributed by atoms with Crippen molar-refractivity contribution in [3.05, 3.63) is 38.8 Å². The minimum absolute atomic E-state index is 0.00622. The third-order valence-corrected chi connectivity index (χ3v) is 14.1. The molecule has 0 N–H and O–H groups in total. The molecule has 1 aliphatic carbocycles. The Bertz CT molecular complexity index is 1110. The van der Waals surface area contributed by atoms with Crippen molar-refractivity contribution >= 4 is 25.6 Å². The fraction of sp³-hybridized carbons (Fsp3) is 0.677. The van der Waals surface area contributed by atoms with Gasteiger partial charge in [-0.25, -0.2) is 4.98 Å². The fourth-order valence-corrected chi connectivity index (χ4v) is 7.29. The highest BCUT2D eigenvalue weighted by molar-refractivity contribution is 7.11. The zero-order valence-corrected chi connectivity index (χ0v) is 28.0. The lowest BCUT2D eigenvalue weighted by atomic mass is 9.99. The lowest BCUT2D eigenvalue weighted by Crippen LogP contribution is -2.45. The molecule has 0 spiro atoms. The topological polar surface area (TPSA) is 76.1 Å². The van der Waals surface area contributed by atoms with Gasteiger partial charge >= 0.3 is 5.97 Å². The van der Waals surface area contributed by atoms with E-state index in [9.17, 15) is 4.79 Å². The maximum atomic E-state index is 12.1. The Morgan fingerprint density at radius 3 is 2.20 bits per heavy atom. The maximum absolute atomic E-state index is 12.1. The van der Waals surface area contributed by atoms with Crippen LogP contribution in [0.2, 0.25) is 18.1 Å². The highest BCUT2D eigenvalue weighted by Crippen LogP contribution is 2.44. The van der Waals surface area contributed by atoms with Crippen LogP contribution in [0.4, 0.5) is 0 Å². The van der Waals surface area contributed by atoms with E-state index in [1.54, 1.807) is 25.6 Å². The number of carbonyl (C=O) groups excluding carboxylic acids is 1. The van der Waals surface area contributed by atoms with E-state index < -0.39 is 8.32 Å². The number of ether oxygens (including phenoxy) is 4. The number of esters is 1. The zero-order chi connectivity index (χ0) is 29.7. The Balaban J connectivity index is 2.12. The van der Waals surface area contributed by atoms with Gasteiger partial charge < -0.3 is 23.4 Å². The molecule has 0 unspecified atom stereocenters. The van der Waals surface area contributed by atoms with Gasteiger partial charge in [-0.15, -0.1) is 11.3 Å². The van der Waals surface area contributed by atoms with E-state index in [-0.39, 0.29) is 35.7 Å². The molecule has 3 rings (SSSR count). The molecular formula is C31H49NO6SSi. The lowest BCUT2D eigenvalue weighted by molar-refractivity contribution is -0.139. The molecule has 1 heterocycles. The van der Waals surface area contributed by atoms with E-state index in [0.29, 0.717) is 6.42 Å². The first-order valence-electron chi connectivity index (χ1n) is 14.4. The van der Waals surface area contributed by atoms with Crippen molar-refractivity contribution in [3.8, 4) is 11.5 Å². The number of rotatable bonds is 13. The first-order valence-corrected chi connectivity index (χ1v) is 18.2. The number of hydrogen-bond donors (Lipinski definition) is 0. The molecule has 0 radical (unpaired) electrons. The molecule has 1 fully saturated rings. The Kier molecular flexibility index (Phi) is 11.2. The number of carbonyl (C=O) groups is 1. The standard InChI is InChI=1S/C31H49NO6SSi/c1-11-27-23(18-29(33)36-8)32-28(39-27)19-26(37-22-14-12-13-15-22)30(38-40(9,10)31(3,4)5)21-16-24(34-6)20(2)25(17-21)35-7/h16-17,22,26,30H,11-15,18-19H2,1-10H3/t26-,30+/m0/s1. The summed E-state index contributed by atoms with van der Waals surface area (Å²) in [5.74, 6) is 1.25. The van der Waals surface area contributed by atoms with Gasteiger partial charge in [-0.3, -0.25) is 4.79 Å². The van der Waals surface area contributed by atoms with Crippen molar-refractivity contribution in [2.75, 3.05) is 21.3 Å². The van der Waals surface area contributed by atoms with Crippen molar-refractivity contribution in [2.45, 2.75) is 116 Å². The first-order chi connectivity index (χ1) is 18.8. The van der Waals surface area contributed by atoms with Crippen molar-refractivity contribution in [1.29, 1.82) is 0 Å². The monoisotopic (exact) mass is 591 g/mol. The van der Waals surface area contributed by atoms with Crippen LogP contribution >= 0.6 is 11.3 Å². The second-order valence-corrected chi connectivity index (χ2v) is 18.1. The van der Waals surface area contributed by atoms with E-state index in [0.717, 1.165) is 57.5 Å². The van der Waals surface area contributed by atoms with Crippen LogP contribution in [0.3, 0.4) is 0 Å². The normalized spacial score (nSPS) is 16.1. The van der Waals surface area contributed by atoms with Gasteiger partial charge in [0, 0.05) is 16.9 Å². The minimum atomic E-state index is -2.23. The minimum Gasteiger partial charge on any atom is -0.496 e. The molecule has 0 bridgehead atoms. The lowest BCUT2D eigenvalue weighted by Gasteiger charge is -2.42. The van der Waals surface area contributed by atoms with Gasteiger partial charge in [0.2, 0.25) is 0 Å². The summed E-state index contributed by atoms with van der Waals surface area (Å²) in [5.41, 5.74) is 2.73. The highest BCUT2D eigenvalue weighted by Gasteiger charge is 2.43. The van der Waals surface area contributed by atoms with Crippen LogP contribution in [0.1, 0.15) is 86.2 Å². The maximum Gasteiger partial charge on any atom is 0.311 e. The number of hydrogen-bond acceptors (Lipinski definition) is 8. The van der Waals surface area contributed by atoms with E-state index in [2.05, 4.69) is 52.9 Å². The number of benzene rings is 1. The van der Waals surface area contributed by atoms with Gasteiger partial charge in [0.1, 0.15) is 11.5 Å². The second-order valence-electron chi connectivity index (χ2n) is 12.2. The summed E-state index contributed by atoms with van der Waals surface area (Å²) in [6.45, 7) is 15.4. The average Bonchev–Trinajstić information content (AvgIpc) is 3.56. The van der Waals surface area contributed by atoms with E-state index >= 15 is 0 Å². The number of aromatic nitrogens is 1. The molecule has 9 heteroatoms. The highest BCUT2D eigenvalue weighted by atomic mass is 32.1. The molecule has 2 atom stereocenters. The number of thiazole rings is 1. The summed E-state index contributed by atoms with van der Waals surface area (Å²) in [6, 6.07) is 4.14.